The summed E-state index contributed by atoms with van der Waals surface area (Å²) in [4.78, 5) is 11.2. The van der Waals surface area contributed by atoms with Crippen molar-refractivity contribution in [1.29, 1.82) is 0 Å². The topological polar surface area (TPSA) is 83.9 Å². The van der Waals surface area contributed by atoms with Crippen molar-refractivity contribution in [3.8, 4) is 5.75 Å². The van der Waals surface area contributed by atoms with Crippen LogP contribution < -0.4 is 4.18 Å². The van der Waals surface area contributed by atoms with Crippen LogP contribution in [0.15, 0.2) is 54.6 Å². The average molecular weight is 361 g/mol. The van der Waals surface area contributed by atoms with Gasteiger partial charge in [-0.05, 0) is 41.3 Å². The largest absolute Gasteiger partial charge is 0.478 e. The van der Waals surface area contributed by atoms with Gasteiger partial charge in [-0.25, -0.2) is 4.79 Å². The summed E-state index contributed by atoms with van der Waals surface area (Å²) in [5.74, 6) is -0.868. The molecule has 2 aromatic carbocycles. The van der Waals surface area contributed by atoms with Crippen LogP contribution in [0.5, 0.6) is 5.75 Å². The molecule has 25 heavy (non-hydrogen) atoms. The maximum atomic E-state index is 11.9. The number of hydrogen-bond acceptors (Lipinski definition) is 4. The zero-order chi connectivity index (χ0) is 18.6. The van der Waals surface area contributed by atoms with Gasteiger partial charge in [-0.15, -0.1) is 0 Å². The third-order valence-electron chi connectivity index (χ3n) is 3.48. The Morgan fingerprint density at radius 1 is 1.08 bits per heavy atom. The molecule has 0 unspecified atom stereocenters. The normalized spacial score (nSPS) is 12.2. The molecule has 6 nitrogen and oxygen atoms in total. The van der Waals surface area contributed by atoms with E-state index in [0.29, 0.717) is 16.7 Å². The van der Waals surface area contributed by atoms with Crippen molar-refractivity contribution < 1.29 is 22.5 Å². The summed E-state index contributed by atoms with van der Waals surface area (Å²) in [6.07, 6.45) is 1.13. The molecule has 0 fully saturated rings. The summed E-state index contributed by atoms with van der Waals surface area (Å²) < 4.78 is 29.8. The van der Waals surface area contributed by atoms with Crippen LogP contribution in [-0.2, 0) is 15.1 Å². The van der Waals surface area contributed by atoms with Gasteiger partial charge in [0.15, 0.2) is 0 Å². The van der Waals surface area contributed by atoms with Crippen LogP contribution in [0.3, 0.4) is 0 Å². The Balaban J connectivity index is 2.45. The first-order valence-corrected chi connectivity index (χ1v) is 8.80. The van der Waals surface area contributed by atoms with E-state index in [-0.39, 0.29) is 5.75 Å². The van der Waals surface area contributed by atoms with E-state index in [4.69, 9.17) is 9.29 Å². The van der Waals surface area contributed by atoms with Crippen LogP contribution >= 0.6 is 0 Å². The Bertz CT molecular complexity index is 902. The third kappa shape index (κ3) is 4.68. The molecule has 0 aliphatic carbocycles. The van der Waals surface area contributed by atoms with Crippen LogP contribution in [0.2, 0.25) is 0 Å². The second kappa shape index (κ2) is 7.50. The summed E-state index contributed by atoms with van der Waals surface area (Å²) in [5.41, 5.74) is 2.51. The van der Waals surface area contributed by atoms with Gasteiger partial charge in [0.05, 0.1) is 0 Å². The number of aliphatic carboxylic acids is 1. The van der Waals surface area contributed by atoms with Crippen LogP contribution in [0, 0.1) is 6.92 Å². The molecule has 0 amide bonds. The first-order valence-electron chi connectivity index (χ1n) is 7.43. The predicted octanol–water partition coefficient (Wildman–Crippen LogP) is 2.70. The highest BCUT2D eigenvalue weighted by Gasteiger charge is 2.18. The van der Waals surface area contributed by atoms with Crippen molar-refractivity contribution in [1.82, 2.24) is 4.31 Å². The predicted molar refractivity (Wildman–Crippen MR) is 95.6 cm³/mol. The average Bonchev–Trinajstić information content (AvgIpc) is 2.55. The standard InChI is InChI=1S/C18H19NO5S/c1-13-11-15(9-10-17(13)24-25(22,23)19(2)3)16(12-18(20)21)14-7-5-4-6-8-14/h4-12H,1-3H3,(H,20,21). The van der Waals surface area contributed by atoms with Crippen molar-refractivity contribution >= 4 is 21.8 Å². The van der Waals surface area contributed by atoms with E-state index in [1.54, 1.807) is 19.1 Å². The molecular formula is C18H19NO5S. The van der Waals surface area contributed by atoms with E-state index in [2.05, 4.69) is 0 Å². The quantitative estimate of drug-likeness (QED) is 0.800. The number of hydrogen-bond donors (Lipinski definition) is 1. The fraction of sp³-hybridized carbons (Fsp3) is 0.167. The molecule has 1 N–H and O–H groups in total. The molecule has 0 aliphatic rings. The second-order valence-electron chi connectivity index (χ2n) is 5.57. The summed E-state index contributed by atoms with van der Waals surface area (Å²) in [6.45, 7) is 1.70. The highest BCUT2D eigenvalue weighted by atomic mass is 32.2. The molecule has 0 aliphatic heterocycles. The molecule has 0 heterocycles. The van der Waals surface area contributed by atoms with Crippen molar-refractivity contribution in [2.24, 2.45) is 0 Å². The van der Waals surface area contributed by atoms with E-state index < -0.39 is 16.3 Å². The molecule has 0 atom stereocenters. The maximum Gasteiger partial charge on any atom is 0.384 e. The highest BCUT2D eigenvalue weighted by Crippen LogP contribution is 2.28. The molecule has 132 valence electrons. The fourth-order valence-corrected chi connectivity index (χ4v) is 2.74. The van der Waals surface area contributed by atoms with E-state index >= 15 is 0 Å². The molecule has 7 heteroatoms. The summed E-state index contributed by atoms with van der Waals surface area (Å²) >= 11 is 0. The third-order valence-corrected chi connectivity index (χ3v) is 4.77. The van der Waals surface area contributed by atoms with Crippen LogP contribution in [0.25, 0.3) is 5.57 Å². The Labute approximate surface area is 147 Å². The van der Waals surface area contributed by atoms with Gasteiger partial charge in [-0.2, -0.15) is 12.7 Å². The van der Waals surface area contributed by atoms with E-state index in [1.165, 1.54) is 20.2 Å². The lowest BCUT2D eigenvalue weighted by Gasteiger charge is -2.15. The van der Waals surface area contributed by atoms with Gasteiger partial charge in [0.2, 0.25) is 0 Å². The van der Waals surface area contributed by atoms with Gasteiger partial charge >= 0.3 is 16.3 Å². The summed E-state index contributed by atoms with van der Waals surface area (Å²) in [6, 6.07) is 14.0. The molecule has 2 rings (SSSR count). The highest BCUT2D eigenvalue weighted by molar-refractivity contribution is 7.84. The number of nitrogens with zero attached hydrogens (tertiary/aromatic N) is 1. The molecule has 0 bridgehead atoms. The van der Waals surface area contributed by atoms with Crippen molar-refractivity contribution in [3.63, 3.8) is 0 Å². The number of carboxylic acid groups (broad SMARTS) is 1. The fourth-order valence-electron chi connectivity index (χ4n) is 2.17. The van der Waals surface area contributed by atoms with Crippen LogP contribution in [-0.4, -0.2) is 37.9 Å². The van der Waals surface area contributed by atoms with Crippen molar-refractivity contribution in [2.45, 2.75) is 6.92 Å². The van der Waals surface area contributed by atoms with Crippen molar-refractivity contribution in [3.05, 3.63) is 71.3 Å². The lowest BCUT2D eigenvalue weighted by molar-refractivity contribution is -0.131. The van der Waals surface area contributed by atoms with Gasteiger partial charge in [0.25, 0.3) is 0 Å². The molecule has 0 saturated heterocycles. The molecular weight excluding hydrogens is 342 g/mol. The number of carbonyl (C=O) groups is 1. The second-order valence-corrected chi connectivity index (χ2v) is 7.32. The Morgan fingerprint density at radius 2 is 1.72 bits per heavy atom. The van der Waals surface area contributed by atoms with Gasteiger partial charge in [-0.3, -0.25) is 0 Å². The Hall–Kier alpha value is -2.64. The molecule has 2 aromatic rings. The smallest absolute Gasteiger partial charge is 0.384 e. The molecule has 0 radical (unpaired) electrons. The number of carboxylic acids is 1. The van der Waals surface area contributed by atoms with E-state index in [1.807, 2.05) is 30.3 Å². The van der Waals surface area contributed by atoms with E-state index in [9.17, 15) is 13.2 Å². The van der Waals surface area contributed by atoms with Crippen LogP contribution in [0.4, 0.5) is 0 Å². The van der Waals surface area contributed by atoms with Gasteiger partial charge in [0.1, 0.15) is 5.75 Å². The zero-order valence-electron chi connectivity index (χ0n) is 14.1. The minimum atomic E-state index is -3.85. The lowest BCUT2D eigenvalue weighted by atomic mass is 9.96. The van der Waals surface area contributed by atoms with E-state index in [0.717, 1.165) is 15.9 Å². The SMILES string of the molecule is Cc1cc(C(=CC(=O)O)c2ccccc2)ccc1OS(=O)(=O)N(C)C. The number of rotatable bonds is 6. The monoisotopic (exact) mass is 361 g/mol. The van der Waals surface area contributed by atoms with Gasteiger partial charge < -0.3 is 9.29 Å². The van der Waals surface area contributed by atoms with Gasteiger partial charge in [0, 0.05) is 20.2 Å². The maximum absolute atomic E-state index is 11.9. The first kappa shape index (κ1) is 18.7. The van der Waals surface area contributed by atoms with Gasteiger partial charge in [-0.1, -0.05) is 36.4 Å². The Morgan fingerprint density at radius 3 is 2.24 bits per heavy atom. The lowest BCUT2D eigenvalue weighted by Crippen LogP contribution is -2.27. The molecule has 0 aromatic heterocycles. The number of benzene rings is 2. The zero-order valence-corrected chi connectivity index (χ0v) is 14.9. The van der Waals surface area contributed by atoms with Crippen molar-refractivity contribution in [2.75, 3.05) is 14.1 Å². The summed E-state index contributed by atoms with van der Waals surface area (Å²) in [5, 5.41) is 9.16. The Kier molecular flexibility index (Phi) is 5.61. The first-order chi connectivity index (χ1) is 11.7. The summed E-state index contributed by atoms with van der Waals surface area (Å²) in [7, 11) is -1.10. The molecule has 0 spiro atoms. The number of aryl methyl sites for hydroxylation is 1. The van der Waals surface area contributed by atoms with Crippen LogP contribution in [0.1, 0.15) is 16.7 Å². The molecule has 0 saturated carbocycles. The minimum Gasteiger partial charge on any atom is -0.478 e. The minimum absolute atomic E-state index is 0.195.